The molecule has 2 N–H and O–H groups in total. The molecule has 0 aliphatic carbocycles. The molecule has 1 fully saturated rings. The maximum absolute atomic E-state index is 13.1. The molecule has 0 bridgehead atoms. The fraction of sp³-hybridized carbons (Fsp3) is 0.227. The molecule has 1 amide bonds. The summed E-state index contributed by atoms with van der Waals surface area (Å²) in [6, 6.07) is 11.5. The third-order valence-corrected chi connectivity index (χ3v) is 8.64. The minimum atomic E-state index is -3.92. The minimum Gasteiger partial charge on any atom is -0.379 e. The number of ether oxygens (including phenoxy) is 1. The van der Waals surface area contributed by atoms with Crippen LogP contribution in [0.25, 0.3) is 0 Å². The number of anilines is 2. The maximum atomic E-state index is 13.1. The van der Waals surface area contributed by atoms with Crippen molar-refractivity contribution in [2.24, 2.45) is 0 Å². The van der Waals surface area contributed by atoms with Gasteiger partial charge in [-0.1, -0.05) is 6.07 Å². The Morgan fingerprint density at radius 3 is 2.29 bits per heavy atom. The molecule has 1 aliphatic heterocycles. The summed E-state index contributed by atoms with van der Waals surface area (Å²) in [7, 11) is -7.70. The van der Waals surface area contributed by atoms with Crippen LogP contribution in [0.5, 0.6) is 0 Å². The van der Waals surface area contributed by atoms with Crippen LogP contribution in [0.2, 0.25) is 0 Å². The molecule has 0 spiro atoms. The molecule has 35 heavy (non-hydrogen) atoms. The lowest BCUT2D eigenvalue weighted by atomic mass is 10.1. The van der Waals surface area contributed by atoms with Gasteiger partial charge in [-0.3, -0.25) is 4.79 Å². The van der Waals surface area contributed by atoms with Gasteiger partial charge < -0.3 is 10.1 Å². The molecule has 0 saturated carbocycles. The molecule has 13 heteroatoms. The summed E-state index contributed by atoms with van der Waals surface area (Å²) in [6.45, 7) is 2.80. The third kappa shape index (κ3) is 5.65. The maximum Gasteiger partial charge on any atom is 0.264 e. The van der Waals surface area contributed by atoms with Crippen molar-refractivity contribution in [2.45, 2.75) is 16.7 Å². The fourth-order valence-corrected chi connectivity index (χ4v) is 6.01. The molecule has 1 aliphatic rings. The Morgan fingerprint density at radius 2 is 1.63 bits per heavy atom. The second kappa shape index (κ2) is 10.1. The number of nitrogens with one attached hydrogen (secondary N) is 2. The lowest BCUT2D eigenvalue weighted by Crippen LogP contribution is -2.40. The standard InChI is InChI=1S/C22H23N5O6S2/c1-16-3-4-17(15-20(16)35(31,32)27-11-13-33-14-12-27)21(28)25-18-5-7-19(8-6-18)34(29,30)26-22-23-9-2-10-24-22/h2-10,15H,11-14H2,1H3,(H,25,28)(H,23,24,26). The van der Waals surface area contributed by atoms with E-state index in [0.29, 0.717) is 24.5 Å². The van der Waals surface area contributed by atoms with Crippen molar-refractivity contribution in [2.75, 3.05) is 36.3 Å². The number of carbonyl (C=O) groups excluding carboxylic acids is 1. The molecule has 0 unspecified atom stereocenters. The van der Waals surface area contributed by atoms with Crippen LogP contribution >= 0.6 is 0 Å². The molecular formula is C22H23N5O6S2. The number of carbonyl (C=O) groups is 1. The summed E-state index contributed by atoms with van der Waals surface area (Å²) in [6.07, 6.45) is 2.82. The molecular weight excluding hydrogens is 494 g/mol. The van der Waals surface area contributed by atoms with Crippen LogP contribution < -0.4 is 10.0 Å². The molecule has 2 heterocycles. The zero-order valence-corrected chi connectivity index (χ0v) is 20.3. The summed E-state index contributed by atoms with van der Waals surface area (Å²) < 4.78 is 60.0. The number of aromatic nitrogens is 2. The Balaban J connectivity index is 1.50. The predicted octanol–water partition coefficient (Wildman–Crippen LogP) is 1.86. The average Bonchev–Trinajstić information content (AvgIpc) is 2.85. The van der Waals surface area contributed by atoms with Crippen molar-refractivity contribution in [1.29, 1.82) is 0 Å². The number of hydrogen-bond donors (Lipinski definition) is 2. The van der Waals surface area contributed by atoms with Gasteiger partial charge in [0.05, 0.1) is 23.0 Å². The van der Waals surface area contributed by atoms with E-state index in [0.717, 1.165) is 0 Å². The van der Waals surface area contributed by atoms with Crippen molar-refractivity contribution in [3.8, 4) is 0 Å². The van der Waals surface area contributed by atoms with E-state index < -0.39 is 26.0 Å². The predicted molar refractivity (Wildman–Crippen MR) is 128 cm³/mol. The lowest BCUT2D eigenvalue weighted by Gasteiger charge is -2.26. The first-order valence-corrected chi connectivity index (χ1v) is 13.5. The molecule has 0 radical (unpaired) electrons. The Kier molecular flexibility index (Phi) is 7.12. The summed E-state index contributed by atoms with van der Waals surface area (Å²) in [5, 5.41) is 2.66. The van der Waals surface area contributed by atoms with E-state index >= 15 is 0 Å². The molecule has 1 aromatic heterocycles. The van der Waals surface area contributed by atoms with E-state index in [4.69, 9.17) is 4.74 Å². The van der Waals surface area contributed by atoms with Crippen molar-refractivity contribution in [1.82, 2.24) is 14.3 Å². The molecule has 2 aromatic carbocycles. The number of morpholine rings is 1. The molecule has 11 nitrogen and oxygen atoms in total. The molecule has 0 atom stereocenters. The van der Waals surface area contributed by atoms with Gasteiger partial charge in [-0.15, -0.1) is 0 Å². The molecule has 184 valence electrons. The summed E-state index contributed by atoms with van der Waals surface area (Å²) in [5.74, 6) is -0.595. The first kappa shape index (κ1) is 24.7. The first-order chi connectivity index (χ1) is 16.7. The van der Waals surface area contributed by atoms with Gasteiger partial charge >= 0.3 is 0 Å². The second-order valence-electron chi connectivity index (χ2n) is 7.65. The topological polar surface area (TPSA) is 148 Å². The van der Waals surface area contributed by atoms with Crippen LogP contribution in [-0.4, -0.2) is 63.3 Å². The number of aryl methyl sites for hydroxylation is 1. The van der Waals surface area contributed by atoms with Gasteiger partial charge in [0.2, 0.25) is 16.0 Å². The van der Waals surface area contributed by atoms with Gasteiger partial charge in [0, 0.05) is 36.7 Å². The highest BCUT2D eigenvalue weighted by Crippen LogP contribution is 2.23. The zero-order valence-electron chi connectivity index (χ0n) is 18.7. The molecule has 1 saturated heterocycles. The van der Waals surface area contributed by atoms with E-state index in [1.165, 1.54) is 53.1 Å². The summed E-state index contributed by atoms with van der Waals surface area (Å²) in [5.41, 5.74) is 1.02. The van der Waals surface area contributed by atoms with Gasteiger partial charge in [-0.25, -0.2) is 31.5 Å². The van der Waals surface area contributed by atoms with Gasteiger partial charge in [-0.05, 0) is 55.0 Å². The Morgan fingerprint density at radius 1 is 0.971 bits per heavy atom. The van der Waals surface area contributed by atoms with Crippen LogP contribution in [0.3, 0.4) is 0 Å². The van der Waals surface area contributed by atoms with Gasteiger partial charge in [0.25, 0.3) is 15.9 Å². The van der Waals surface area contributed by atoms with E-state index in [2.05, 4.69) is 20.0 Å². The lowest BCUT2D eigenvalue weighted by molar-refractivity contribution is 0.0730. The number of amides is 1. The van der Waals surface area contributed by atoms with Crippen LogP contribution in [0.1, 0.15) is 15.9 Å². The number of nitrogens with zero attached hydrogens (tertiary/aromatic N) is 3. The highest BCUT2D eigenvalue weighted by molar-refractivity contribution is 7.92. The van der Waals surface area contributed by atoms with Crippen LogP contribution in [0, 0.1) is 6.92 Å². The van der Waals surface area contributed by atoms with Gasteiger partial charge in [0.1, 0.15) is 0 Å². The summed E-state index contributed by atoms with van der Waals surface area (Å²) in [4.78, 5) is 20.5. The number of benzene rings is 2. The quantitative estimate of drug-likeness (QED) is 0.483. The molecule has 3 aromatic rings. The number of rotatable bonds is 7. The SMILES string of the molecule is Cc1ccc(C(=O)Nc2ccc(S(=O)(=O)Nc3ncccn3)cc2)cc1S(=O)(=O)N1CCOCC1. The van der Waals surface area contributed by atoms with E-state index in [1.54, 1.807) is 19.1 Å². The normalized spacial score (nSPS) is 14.9. The van der Waals surface area contributed by atoms with Crippen molar-refractivity contribution < 1.29 is 26.4 Å². The van der Waals surface area contributed by atoms with Crippen LogP contribution in [0.15, 0.2) is 70.7 Å². The largest absolute Gasteiger partial charge is 0.379 e. The number of sulfonamides is 2. The van der Waals surface area contributed by atoms with E-state index in [-0.39, 0.29) is 34.4 Å². The van der Waals surface area contributed by atoms with Crippen LogP contribution in [0.4, 0.5) is 11.6 Å². The number of hydrogen-bond acceptors (Lipinski definition) is 8. The van der Waals surface area contributed by atoms with E-state index in [1.807, 2.05) is 0 Å². The highest BCUT2D eigenvalue weighted by atomic mass is 32.2. The van der Waals surface area contributed by atoms with Crippen molar-refractivity contribution in [3.63, 3.8) is 0 Å². The smallest absolute Gasteiger partial charge is 0.264 e. The van der Waals surface area contributed by atoms with Crippen molar-refractivity contribution in [3.05, 3.63) is 72.1 Å². The Bertz CT molecular complexity index is 1420. The fourth-order valence-electron chi connectivity index (χ4n) is 3.40. The van der Waals surface area contributed by atoms with Gasteiger partial charge in [-0.2, -0.15) is 4.31 Å². The first-order valence-electron chi connectivity index (χ1n) is 10.6. The minimum absolute atomic E-state index is 0.0443. The molecule has 4 rings (SSSR count). The van der Waals surface area contributed by atoms with Gasteiger partial charge in [0.15, 0.2) is 0 Å². The average molecular weight is 518 g/mol. The Labute approximate surface area is 203 Å². The van der Waals surface area contributed by atoms with E-state index in [9.17, 15) is 21.6 Å². The van der Waals surface area contributed by atoms with Crippen molar-refractivity contribution >= 4 is 37.6 Å². The Hall–Kier alpha value is -3.39. The second-order valence-corrected chi connectivity index (χ2v) is 11.2. The third-order valence-electron chi connectivity index (χ3n) is 5.25. The highest BCUT2D eigenvalue weighted by Gasteiger charge is 2.28. The zero-order chi connectivity index (χ0) is 25.1. The van der Waals surface area contributed by atoms with Crippen LogP contribution in [-0.2, 0) is 24.8 Å². The monoisotopic (exact) mass is 517 g/mol. The summed E-state index contributed by atoms with van der Waals surface area (Å²) >= 11 is 0.